The molecule has 0 radical (unpaired) electrons. The highest BCUT2D eigenvalue weighted by molar-refractivity contribution is 5.90. The molecule has 2 rings (SSSR count). The standard InChI is InChI=1S/C8H10N2O2/c1-5-7(8(11)12)6-3-2-4-10(6)9-5/h2-4H2,1H3,(H,11,12). The number of hydrogen-bond acceptors (Lipinski definition) is 2. The summed E-state index contributed by atoms with van der Waals surface area (Å²) in [6.07, 6.45) is 1.87. The van der Waals surface area contributed by atoms with Crippen molar-refractivity contribution in [3.05, 3.63) is 17.0 Å². The van der Waals surface area contributed by atoms with Gasteiger partial charge in [0, 0.05) is 6.54 Å². The summed E-state index contributed by atoms with van der Waals surface area (Å²) in [4.78, 5) is 10.8. The molecule has 0 unspecified atom stereocenters. The van der Waals surface area contributed by atoms with Crippen molar-refractivity contribution in [3.8, 4) is 0 Å². The molecular weight excluding hydrogens is 156 g/mol. The smallest absolute Gasteiger partial charge is 0.339 e. The third-order valence-corrected chi connectivity index (χ3v) is 2.23. The Morgan fingerprint density at radius 1 is 1.67 bits per heavy atom. The number of aromatic nitrogens is 2. The molecule has 4 nitrogen and oxygen atoms in total. The maximum Gasteiger partial charge on any atom is 0.339 e. The highest BCUT2D eigenvalue weighted by Crippen LogP contribution is 2.21. The Bertz CT molecular complexity index is 341. The third kappa shape index (κ3) is 0.841. The molecule has 0 spiro atoms. The lowest BCUT2D eigenvalue weighted by Crippen LogP contribution is -2.01. The molecule has 0 atom stereocenters. The first-order valence-electron chi connectivity index (χ1n) is 3.99. The van der Waals surface area contributed by atoms with E-state index in [4.69, 9.17) is 5.11 Å². The summed E-state index contributed by atoms with van der Waals surface area (Å²) in [6, 6.07) is 0. The third-order valence-electron chi connectivity index (χ3n) is 2.23. The molecule has 64 valence electrons. The van der Waals surface area contributed by atoms with Crippen LogP contribution in [0.2, 0.25) is 0 Å². The van der Waals surface area contributed by atoms with Gasteiger partial charge in [-0.15, -0.1) is 0 Å². The van der Waals surface area contributed by atoms with Crippen molar-refractivity contribution in [1.29, 1.82) is 0 Å². The van der Waals surface area contributed by atoms with Gasteiger partial charge in [0.2, 0.25) is 0 Å². The number of rotatable bonds is 1. The van der Waals surface area contributed by atoms with Crippen LogP contribution >= 0.6 is 0 Å². The van der Waals surface area contributed by atoms with Gasteiger partial charge in [-0.1, -0.05) is 0 Å². The van der Waals surface area contributed by atoms with Crippen LogP contribution in [-0.4, -0.2) is 20.9 Å². The lowest BCUT2D eigenvalue weighted by molar-refractivity contribution is 0.0695. The first-order valence-corrected chi connectivity index (χ1v) is 3.99. The molecule has 0 amide bonds. The molecule has 1 aromatic rings. The van der Waals surface area contributed by atoms with Crippen LogP contribution in [0.15, 0.2) is 0 Å². The molecule has 0 saturated carbocycles. The Labute approximate surface area is 69.8 Å². The summed E-state index contributed by atoms with van der Waals surface area (Å²) in [5, 5.41) is 13.0. The summed E-state index contributed by atoms with van der Waals surface area (Å²) in [5.74, 6) is -0.851. The minimum absolute atomic E-state index is 0.410. The fourth-order valence-electron chi connectivity index (χ4n) is 1.74. The molecule has 1 aliphatic heterocycles. The van der Waals surface area contributed by atoms with Gasteiger partial charge in [-0.25, -0.2) is 4.79 Å². The van der Waals surface area contributed by atoms with E-state index in [1.807, 2.05) is 0 Å². The van der Waals surface area contributed by atoms with Crippen LogP contribution in [-0.2, 0) is 13.0 Å². The molecule has 1 aromatic heterocycles. The lowest BCUT2D eigenvalue weighted by Gasteiger charge is -1.93. The Morgan fingerprint density at radius 2 is 2.42 bits per heavy atom. The SMILES string of the molecule is Cc1nn2c(c1C(=O)O)CCC2. The Hall–Kier alpha value is -1.32. The summed E-state index contributed by atoms with van der Waals surface area (Å²) in [7, 11) is 0. The molecule has 2 heterocycles. The van der Waals surface area contributed by atoms with Crippen molar-refractivity contribution in [2.45, 2.75) is 26.3 Å². The van der Waals surface area contributed by atoms with Crippen molar-refractivity contribution in [2.24, 2.45) is 0 Å². The van der Waals surface area contributed by atoms with Gasteiger partial charge in [0.05, 0.1) is 11.4 Å². The van der Waals surface area contributed by atoms with Gasteiger partial charge in [-0.05, 0) is 19.8 Å². The number of aromatic carboxylic acids is 1. The average molecular weight is 166 g/mol. The van der Waals surface area contributed by atoms with Crippen LogP contribution < -0.4 is 0 Å². The van der Waals surface area contributed by atoms with Crippen LogP contribution in [0.3, 0.4) is 0 Å². The first-order chi connectivity index (χ1) is 5.70. The van der Waals surface area contributed by atoms with Crippen molar-refractivity contribution in [1.82, 2.24) is 9.78 Å². The van der Waals surface area contributed by atoms with Gasteiger partial charge in [0.1, 0.15) is 5.56 Å². The molecule has 0 aromatic carbocycles. The van der Waals surface area contributed by atoms with Crippen LogP contribution in [0.25, 0.3) is 0 Å². The van der Waals surface area contributed by atoms with Crippen molar-refractivity contribution >= 4 is 5.97 Å². The summed E-state index contributed by atoms with van der Waals surface area (Å²) in [6.45, 7) is 2.61. The summed E-state index contributed by atoms with van der Waals surface area (Å²) >= 11 is 0. The van der Waals surface area contributed by atoms with Gasteiger partial charge in [0.15, 0.2) is 0 Å². The number of carboxylic acid groups (broad SMARTS) is 1. The van der Waals surface area contributed by atoms with Crippen LogP contribution in [0.4, 0.5) is 0 Å². The van der Waals surface area contributed by atoms with Crippen LogP contribution in [0, 0.1) is 6.92 Å². The highest BCUT2D eigenvalue weighted by Gasteiger charge is 2.23. The van der Waals surface area contributed by atoms with Crippen molar-refractivity contribution in [3.63, 3.8) is 0 Å². The number of carbonyl (C=O) groups is 1. The molecule has 1 N–H and O–H groups in total. The normalized spacial score (nSPS) is 14.8. The predicted molar refractivity (Wildman–Crippen MR) is 42.2 cm³/mol. The molecule has 0 aliphatic carbocycles. The lowest BCUT2D eigenvalue weighted by atomic mass is 10.1. The van der Waals surface area contributed by atoms with E-state index >= 15 is 0 Å². The molecule has 1 aliphatic rings. The van der Waals surface area contributed by atoms with Crippen LogP contribution in [0.5, 0.6) is 0 Å². The van der Waals surface area contributed by atoms with Crippen LogP contribution in [0.1, 0.15) is 28.2 Å². The van der Waals surface area contributed by atoms with E-state index in [1.54, 1.807) is 11.6 Å². The number of carboxylic acids is 1. The number of hydrogen-bond donors (Lipinski definition) is 1. The van der Waals surface area contributed by atoms with E-state index in [-0.39, 0.29) is 0 Å². The van der Waals surface area contributed by atoms with E-state index in [9.17, 15) is 4.79 Å². The number of aryl methyl sites for hydroxylation is 2. The van der Waals surface area contributed by atoms with Crippen molar-refractivity contribution < 1.29 is 9.90 Å². The maximum atomic E-state index is 10.8. The Morgan fingerprint density at radius 3 is 3.08 bits per heavy atom. The minimum Gasteiger partial charge on any atom is -0.478 e. The van der Waals surface area contributed by atoms with Crippen molar-refractivity contribution in [2.75, 3.05) is 0 Å². The van der Waals surface area contributed by atoms with Gasteiger partial charge >= 0.3 is 5.97 Å². The Balaban J connectivity index is 2.59. The molecule has 0 saturated heterocycles. The molecular formula is C8H10N2O2. The molecule has 12 heavy (non-hydrogen) atoms. The first kappa shape index (κ1) is 7.34. The molecule has 0 fully saturated rings. The zero-order valence-electron chi connectivity index (χ0n) is 6.87. The second kappa shape index (κ2) is 2.33. The highest BCUT2D eigenvalue weighted by atomic mass is 16.4. The maximum absolute atomic E-state index is 10.8. The fraction of sp³-hybridized carbons (Fsp3) is 0.500. The van der Waals surface area contributed by atoms with Gasteiger partial charge in [-0.3, -0.25) is 4.68 Å². The van der Waals surface area contributed by atoms with E-state index in [2.05, 4.69) is 5.10 Å². The fourth-order valence-corrected chi connectivity index (χ4v) is 1.74. The second-order valence-corrected chi connectivity index (χ2v) is 3.04. The van der Waals surface area contributed by atoms with E-state index < -0.39 is 5.97 Å². The van der Waals surface area contributed by atoms with Gasteiger partial charge in [-0.2, -0.15) is 5.10 Å². The summed E-state index contributed by atoms with van der Waals surface area (Å²) in [5.41, 5.74) is 1.93. The van der Waals surface area contributed by atoms with E-state index in [1.165, 1.54) is 0 Å². The zero-order chi connectivity index (χ0) is 8.72. The topological polar surface area (TPSA) is 55.1 Å². The summed E-state index contributed by atoms with van der Waals surface area (Å²) < 4.78 is 1.80. The Kier molecular flexibility index (Phi) is 1.43. The van der Waals surface area contributed by atoms with E-state index in [0.717, 1.165) is 25.1 Å². The largest absolute Gasteiger partial charge is 0.478 e. The number of nitrogens with zero attached hydrogens (tertiary/aromatic N) is 2. The van der Waals surface area contributed by atoms with E-state index in [0.29, 0.717) is 11.3 Å². The zero-order valence-corrected chi connectivity index (χ0v) is 6.87. The second-order valence-electron chi connectivity index (χ2n) is 3.04. The predicted octanol–water partition coefficient (Wildman–Crippen LogP) is 0.836. The quantitative estimate of drug-likeness (QED) is 0.672. The minimum atomic E-state index is -0.851. The van der Waals surface area contributed by atoms with Gasteiger partial charge in [0.25, 0.3) is 0 Å². The average Bonchev–Trinajstić information content (AvgIpc) is 2.44. The molecule has 4 heteroatoms. The monoisotopic (exact) mass is 166 g/mol. The molecule has 0 bridgehead atoms. The van der Waals surface area contributed by atoms with Gasteiger partial charge < -0.3 is 5.11 Å². The number of fused-ring (bicyclic) bond motifs is 1.